The molecule has 1 aliphatic heterocycles. The number of piperidine rings is 1. The maximum absolute atomic E-state index is 11.5. The standard InChI is InChI=1S/C16H25N5O.HI/c1-4-17-16(19-10-14-12(2)6-5-9-18-14)20-13-7-8-15(22)21(3)11-13;/h5-6,9,13H,4,7-8,10-11H2,1-3H3,(H2,17,19,20);1H. The number of likely N-dealkylation sites (tertiary alicyclic amines) is 1. The molecule has 0 radical (unpaired) electrons. The molecule has 6 nitrogen and oxygen atoms in total. The third-order valence-corrected chi connectivity index (χ3v) is 3.82. The van der Waals surface area contributed by atoms with Crippen LogP contribution in [-0.2, 0) is 11.3 Å². The highest BCUT2D eigenvalue weighted by atomic mass is 127. The van der Waals surface area contributed by atoms with Crippen LogP contribution in [0.4, 0.5) is 0 Å². The van der Waals surface area contributed by atoms with Crippen LogP contribution in [-0.4, -0.2) is 47.9 Å². The smallest absolute Gasteiger partial charge is 0.222 e. The first kappa shape index (κ1) is 19.7. The van der Waals surface area contributed by atoms with Gasteiger partial charge in [-0.1, -0.05) is 6.07 Å². The Labute approximate surface area is 155 Å². The van der Waals surface area contributed by atoms with E-state index >= 15 is 0 Å². The van der Waals surface area contributed by atoms with Crippen molar-refractivity contribution >= 4 is 35.8 Å². The quantitative estimate of drug-likeness (QED) is 0.433. The van der Waals surface area contributed by atoms with Crippen molar-refractivity contribution in [2.45, 2.75) is 39.3 Å². The molecule has 128 valence electrons. The lowest BCUT2D eigenvalue weighted by Crippen LogP contribution is -2.51. The Morgan fingerprint density at radius 2 is 2.30 bits per heavy atom. The van der Waals surface area contributed by atoms with Gasteiger partial charge in [0.2, 0.25) is 5.91 Å². The summed E-state index contributed by atoms with van der Waals surface area (Å²) in [5, 5.41) is 6.67. The average Bonchev–Trinajstić information content (AvgIpc) is 2.50. The van der Waals surface area contributed by atoms with Crippen molar-refractivity contribution in [2.75, 3.05) is 20.1 Å². The highest BCUT2D eigenvalue weighted by Gasteiger charge is 2.23. The fraction of sp³-hybridized carbons (Fsp3) is 0.562. The minimum Gasteiger partial charge on any atom is -0.357 e. The maximum atomic E-state index is 11.5. The van der Waals surface area contributed by atoms with E-state index in [2.05, 4.69) is 20.6 Å². The summed E-state index contributed by atoms with van der Waals surface area (Å²) in [7, 11) is 1.84. The normalized spacial score (nSPS) is 18.4. The highest BCUT2D eigenvalue weighted by Crippen LogP contribution is 2.10. The van der Waals surface area contributed by atoms with Gasteiger partial charge in [-0.3, -0.25) is 9.78 Å². The summed E-state index contributed by atoms with van der Waals surface area (Å²) in [4.78, 5) is 22.3. The molecule has 1 unspecified atom stereocenters. The van der Waals surface area contributed by atoms with E-state index in [1.807, 2.05) is 33.0 Å². The number of aryl methyl sites for hydroxylation is 1. The second-order valence-electron chi connectivity index (χ2n) is 5.62. The van der Waals surface area contributed by atoms with Crippen LogP contribution in [0.15, 0.2) is 23.3 Å². The van der Waals surface area contributed by atoms with E-state index in [4.69, 9.17) is 0 Å². The Bertz CT molecular complexity index is 549. The molecule has 0 spiro atoms. The lowest BCUT2D eigenvalue weighted by atomic mass is 10.1. The van der Waals surface area contributed by atoms with E-state index < -0.39 is 0 Å². The van der Waals surface area contributed by atoms with Crippen molar-refractivity contribution in [1.29, 1.82) is 0 Å². The summed E-state index contributed by atoms with van der Waals surface area (Å²) in [6.45, 7) is 6.14. The molecule has 1 aromatic heterocycles. The first-order chi connectivity index (χ1) is 10.6. The number of amides is 1. The molecule has 23 heavy (non-hydrogen) atoms. The third kappa shape index (κ3) is 5.96. The SMILES string of the molecule is CCNC(=NCc1ncccc1C)NC1CCC(=O)N(C)C1.I. The number of aliphatic imine (C=N–C) groups is 1. The van der Waals surface area contributed by atoms with E-state index in [0.29, 0.717) is 19.5 Å². The van der Waals surface area contributed by atoms with Crippen LogP contribution in [0.3, 0.4) is 0 Å². The number of nitrogens with zero attached hydrogens (tertiary/aromatic N) is 3. The van der Waals surface area contributed by atoms with Crippen molar-refractivity contribution in [3.63, 3.8) is 0 Å². The second kappa shape index (κ2) is 9.69. The van der Waals surface area contributed by atoms with Gasteiger partial charge in [-0.2, -0.15) is 0 Å². The van der Waals surface area contributed by atoms with Crippen LogP contribution in [0.2, 0.25) is 0 Å². The topological polar surface area (TPSA) is 69.6 Å². The Morgan fingerprint density at radius 1 is 1.52 bits per heavy atom. The van der Waals surface area contributed by atoms with E-state index in [0.717, 1.165) is 30.2 Å². The largest absolute Gasteiger partial charge is 0.357 e. The predicted molar refractivity (Wildman–Crippen MR) is 103 cm³/mol. The molecule has 1 aliphatic rings. The first-order valence-corrected chi connectivity index (χ1v) is 7.79. The van der Waals surface area contributed by atoms with Gasteiger partial charge in [0.05, 0.1) is 12.2 Å². The lowest BCUT2D eigenvalue weighted by Gasteiger charge is -2.31. The summed E-state index contributed by atoms with van der Waals surface area (Å²) in [6.07, 6.45) is 3.23. The third-order valence-electron chi connectivity index (χ3n) is 3.82. The maximum Gasteiger partial charge on any atom is 0.222 e. The fourth-order valence-corrected chi connectivity index (χ4v) is 2.48. The molecule has 0 bridgehead atoms. The molecular weight excluding hydrogens is 405 g/mol. The van der Waals surface area contributed by atoms with Gasteiger partial charge >= 0.3 is 0 Å². The van der Waals surface area contributed by atoms with Crippen LogP contribution in [0, 0.1) is 6.92 Å². The molecule has 1 amide bonds. The van der Waals surface area contributed by atoms with Gasteiger partial charge < -0.3 is 15.5 Å². The van der Waals surface area contributed by atoms with Gasteiger partial charge in [-0.15, -0.1) is 24.0 Å². The van der Waals surface area contributed by atoms with Gasteiger partial charge in [0.1, 0.15) is 0 Å². The molecule has 1 saturated heterocycles. The highest BCUT2D eigenvalue weighted by molar-refractivity contribution is 14.0. The summed E-state index contributed by atoms with van der Waals surface area (Å²) in [5.41, 5.74) is 2.13. The van der Waals surface area contributed by atoms with Gasteiger partial charge in [-0.05, 0) is 31.9 Å². The van der Waals surface area contributed by atoms with Crippen molar-refractivity contribution in [3.05, 3.63) is 29.6 Å². The number of halogens is 1. The fourth-order valence-electron chi connectivity index (χ4n) is 2.48. The first-order valence-electron chi connectivity index (χ1n) is 7.79. The van der Waals surface area contributed by atoms with E-state index in [1.54, 1.807) is 11.1 Å². The number of carbonyl (C=O) groups excluding carboxylic acids is 1. The van der Waals surface area contributed by atoms with Gasteiger partial charge in [0, 0.05) is 38.8 Å². The summed E-state index contributed by atoms with van der Waals surface area (Å²) >= 11 is 0. The van der Waals surface area contributed by atoms with E-state index in [-0.39, 0.29) is 35.9 Å². The van der Waals surface area contributed by atoms with Gasteiger partial charge in [0.25, 0.3) is 0 Å². The van der Waals surface area contributed by atoms with Crippen molar-refractivity contribution in [1.82, 2.24) is 20.5 Å². The second-order valence-corrected chi connectivity index (χ2v) is 5.62. The van der Waals surface area contributed by atoms with Crippen molar-refractivity contribution in [3.8, 4) is 0 Å². The van der Waals surface area contributed by atoms with Crippen LogP contribution in [0.5, 0.6) is 0 Å². The number of nitrogens with one attached hydrogen (secondary N) is 2. The number of aromatic nitrogens is 1. The number of carbonyl (C=O) groups is 1. The minimum atomic E-state index is 0. The van der Waals surface area contributed by atoms with E-state index in [9.17, 15) is 4.79 Å². The predicted octanol–water partition coefficient (Wildman–Crippen LogP) is 1.68. The van der Waals surface area contributed by atoms with Crippen LogP contribution < -0.4 is 10.6 Å². The zero-order valence-electron chi connectivity index (χ0n) is 14.0. The molecule has 1 aromatic rings. The van der Waals surface area contributed by atoms with Crippen LogP contribution in [0.1, 0.15) is 31.0 Å². The molecule has 2 heterocycles. The number of hydrogen-bond acceptors (Lipinski definition) is 3. The van der Waals surface area contributed by atoms with Crippen LogP contribution >= 0.6 is 24.0 Å². The number of pyridine rings is 1. The zero-order valence-corrected chi connectivity index (χ0v) is 16.3. The van der Waals surface area contributed by atoms with Crippen LogP contribution in [0.25, 0.3) is 0 Å². The summed E-state index contributed by atoms with van der Waals surface area (Å²) < 4.78 is 0. The number of rotatable bonds is 4. The number of guanidine groups is 1. The molecule has 2 N–H and O–H groups in total. The Hall–Kier alpha value is -1.38. The van der Waals surface area contributed by atoms with Gasteiger partial charge in [-0.25, -0.2) is 4.99 Å². The Balaban J connectivity index is 0.00000264. The molecule has 0 saturated carbocycles. The van der Waals surface area contributed by atoms with Crippen molar-refractivity contribution < 1.29 is 4.79 Å². The lowest BCUT2D eigenvalue weighted by molar-refractivity contribution is -0.132. The van der Waals surface area contributed by atoms with Gasteiger partial charge in [0.15, 0.2) is 5.96 Å². The molecule has 7 heteroatoms. The molecule has 0 aromatic carbocycles. The monoisotopic (exact) mass is 431 g/mol. The summed E-state index contributed by atoms with van der Waals surface area (Å²) in [6, 6.07) is 4.21. The molecule has 0 aliphatic carbocycles. The zero-order chi connectivity index (χ0) is 15.9. The Morgan fingerprint density at radius 3 is 2.96 bits per heavy atom. The number of hydrogen-bond donors (Lipinski definition) is 2. The molecule has 2 rings (SSSR count). The minimum absolute atomic E-state index is 0. The Kier molecular flexibility index (Phi) is 8.29. The molecule has 1 fully saturated rings. The van der Waals surface area contributed by atoms with E-state index in [1.165, 1.54) is 0 Å². The van der Waals surface area contributed by atoms with Crippen molar-refractivity contribution in [2.24, 2.45) is 4.99 Å². The summed E-state index contributed by atoms with van der Waals surface area (Å²) in [5.74, 6) is 0.990. The molecular formula is C16H26IN5O. The average molecular weight is 431 g/mol. The number of likely N-dealkylation sites (N-methyl/N-ethyl adjacent to an activating group) is 1. The molecule has 1 atom stereocenters.